The van der Waals surface area contributed by atoms with Crippen molar-refractivity contribution in [2.75, 3.05) is 23.4 Å². The van der Waals surface area contributed by atoms with Crippen molar-refractivity contribution in [3.05, 3.63) is 47.8 Å². The predicted octanol–water partition coefficient (Wildman–Crippen LogP) is 2.61. The van der Waals surface area contributed by atoms with Crippen LogP contribution in [0.2, 0.25) is 0 Å². The Morgan fingerprint density at radius 1 is 1.19 bits per heavy atom. The van der Waals surface area contributed by atoms with E-state index in [4.69, 9.17) is 10.1 Å². The standard InChI is InChI=1S/C22H27N9O/c1-14(2)31-15(3)25-17-11-24-21(10-19(17)31)26-20-4-6-23-22(27-20)29-7-5-16-12-30(8-9-32)28-18(16)13-29/h4,6,10-12,14,32H,5,7-9,13H2,1-3H3,(H,23,24,26,27). The van der Waals surface area contributed by atoms with Crippen LogP contribution < -0.4 is 10.2 Å². The van der Waals surface area contributed by atoms with Gasteiger partial charge in [-0.1, -0.05) is 0 Å². The van der Waals surface area contributed by atoms with E-state index < -0.39 is 0 Å². The molecule has 4 aromatic heterocycles. The molecule has 1 aliphatic rings. The number of anilines is 3. The number of nitrogens with zero attached hydrogens (tertiary/aromatic N) is 8. The molecule has 10 heteroatoms. The van der Waals surface area contributed by atoms with Crippen LogP contribution in [0.1, 0.15) is 37.0 Å². The van der Waals surface area contributed by atoms with Crippen LogP contribution >= 0.6 is 0 Å². The minimum absolute atomic E-state index is 0.0818. The zero-order valence-corrected chi connectivity index (χ0v) is 18.5. The number of nitrogens with one attached hydrogen (secondary N) is 1. The Morgan fingerprint density at radius 2 is 2.06 bits per heavy atom. The summed E-state index contributed by atoms with van der Waals surface area (Å²) >= 11 is 0. The molecule has 2 N–H and O–H groups in total. The first-order valence-corrected chi connectivity index (χ1v) is 10.9. The van der Waals surface area contributed by atoms with Gasteiger partial charge in [-0.25, -0.2) is 15.0 Å². The lowest BCUT2D eigenvalue weighted by Gasteiger charge is -2.26. The van der Waals surface area contributed by atoms with Crippen LogP contribution in [0.4, 0.5) is 17.6 Å². The maximum absolute atomic E-state index is 9.16. The molecule has 0 fully saturated rings. The van der Waals surface area contributed by atoms with E-state index in [1.54, 1.807) is 17.1 Å². The molecule has 0 bridgehead atoms. The SMILES string of the molecule is Cc1nc2cnc(Nc3ccnc(N4CCc5cn(CCO)nc5C4)n3)cc2n1C(C)C. The summed E-state index contributed by atoms with van der Waals surface area (Å²) in [6.45, 7) is 8.37. The van der Waals surface area contributed by atoms with Crippen molar-refractivity contribution in [1.82, 2.24) is 34.3 Å². The molecule has 0 radical (unpaired) electrons. The first-order valence-electron chi connectivity index (χ1n) is 10.9. The van der Waals surface area contributed by atoms with Crippen LogP contribution in [-0.4, -0.2) is 52.5 Å². The summed E-state index contributed by atoms with van der Waals surface area (Å²) in [5.41, 5.74) is 4.16. The van der Waals surface area contributed by atoms with Crippen LogP contribution in [0.5, 0.6) is 0 Å². The molecule has 32 heavy (non-hydrogen) atoms. The van der Waals surface area contributed by atoms with E-state index in [9.17, 15) is 0 Å². The summed E-state index contributed by atoms with van der Waals surface area (Å²) in [5, 5.41) is 17.1. The average molecular weight is 434 g/mol. The Bertz CT molecular complexity index is 1260. The van der Waals surface area contributed by atoms with E-state index in [0.717, 1.165) is 35.5 Å². The summed E-state index contributed by atoms with van der Waals surface area (Å²) in [4.78, 5) is 20.4. The molecule has 5 rings (SSSR count). The Balaban J connectivity index is 1.37. The van der Waals surface area contributed by atoms with Gasteiger partial charge >= 0.3 is 0 Å². The highest BCUT2D eigenvalue weighted by molar-refractivity contribution is 5.79. The summed E-state index contributed by atoms with van der Waals surface area (Å²) in [7, 11) is 0. The van der Waals surface area contributed by atoms with Crippen LogP contribution in [0, 0.1) is 6.92 Å². The van der Waals surface area contributed by atoms with Gasteiger partial charge in [0.1, 0.15) is 23.0 Å². The van der Waals surface area contributed by atoms with Crippen LogP contribution in [0.3, 0.4) is 0 Å². The van der Waals surface area contributed by atoms with Gasteiger partial charge in [0.25, 0.3) is 0 Å². The zero-order valence-electron chi connectivity index (χ0n) is 18.5. The molecule has 0 atom stereocenters. The zero-order chi connectivity index (χ0) is 22.2. The predicted molar refractivity (Wildman–Crippen MR) is 122 cm³/mol. The summed E-state index contributed by atoms with van der Waals surface area (Å²) in [6.07, 6.45) is 6.44. The molecule has 0 saturated carbocycles. The van der Waals surface area contributed by atoms with Gasteiger partial charge in [-0.05, 0) is 38.8 Å². The second-order valence-corrected chi connectivity index (χ2v) is 8.31. The fraction of sp³-hybridized carbons (Fsp3) is 0.409. The van der Waals surface area contributed by atoms with Gasteiger partial charge in [0, 0.05) is 31.0 Å². The van der Waals surface area contributed by atoms with Gasteiger partial charge in [-0.15, -0.1) is 0 Å². The maximum Gasteiger partial charge on any atom is 0.227 e. The number of aromatic nitrogens is 7. The summed E-state index contributed by atoms with van der Waals surface area (Å²) in [5.74, 6) is 3.03. The average Bonchev–Trinajstić information content (AvgIpc) is 3.32. The minimum Gasteiger partial charge on any atom is -0.394 e. The van der Waals surface area contributed by atoms with Crippen molar-refractivity contribution in [2.45, 2.75) is 46.3 Å². The molecule has 0 saturated heterocycles. The van der Waals surface area contributed by atoms with Crippen LogP contribution in [0.25, 0.3) is 11.0 Å². The Hall–Kier alpha value is -3.53. The lowest BCUT2D eigenvalue weighted by molar-refractivity contribution is 0.269. The molecular formula is C22H27N9O. The van der Waals surface area contributed by atoms with Gasteiger partial charge in [-0.3, -0.25) is 4.68 Å². The largest absolute Gasteiger partial charge is 0.394 e. The molecule has 0 unspecified atom stereocenters. The van der Waals surface area contributed by atoms with Crippen molar-refractivity contribution in [3.8, 4) is 0 Å². The molecule has 1 aliphatic heterocycles. The number of imidazole rings is 1. The Morgan fingerprint density at radius 3 is 2.88 bits per heavy atom. The quantitative estimate of drug-likeness (QED) is 0.478. The summed E-state index contributed by atoms with van der Waals surface area (Å²) in [6, 6.07) is 4.16. The highest BCUT2D eigenvalue weighted by atomic mass is 16.3. The van der Waals surface area contributed by atoms with Gasteiger partial charge in [0.2, 0.25) is 5.95 Å². The highest BCUT2D eigenvalue weighted by Crippen LogP contribution is 2.25. The fourth-order valence-corrected chi connectivity index (χ4v) is 4.29. The Kier molecular flexibility index (Phi) is 5.22. The summed E-state index contributed by atoms with van der Waals surface area (Å²) < 4.78 is 4.01. The lowest BCUT2D eigenvalue weighted by atomic mass is 10.1. The van der Waals surface area contributed by atoms with Crippen molar-refractivity contribution < 1.29 is 5.11 Å². The molecule has 0 spiro atoms. The highest BCUT2D eigenvalue weighted by Gasteiger charge is 2.22. The van der Waals surface area contributed by atoms with Gasteiger partial charge in [0.15, 0.2) is 0 Å². The number of aliphatic hydroxyl groups excluding tert-OH is 1. The number of rotatable bonds is 6. The van der Waals surface area contributed by atoms with E-state index in [0.29, 0.717) is 36.7 Å². The van der Waals surface area contributed by atoms with Crippen molar-refractivity contribution in [3.63, 3.8) is 0 Å². The molecule has 10 nitrogen and oxygen atoms in total. The fourth-order valence-electron chi connectivity index (χ4n) is 4.29. The first-order chi connectivity index (χ1) is 15.5. The number of hydrogen-bond donors (Lipinski definition) is 2. The molecule has 5 heterocycles. The number of aliphatic hydroxyl groups is 1. The third-order valence-corrected chi connectivity index (χ3v) is 5.70. The van der Waals surface area contributed by atoms with Gasteiger partial charge < -0.3 is 19.9 Å². The van der Waals surface area contributed by atoms with Crippen molar-refractivity contribution >= 4 is 28.6 Å². The molecule has 0 aliphatic carbocycles. The number of aryl methyl sites for hydroxylation is 1. The number of pyridine rings is 1. The maximum atomic E-state index is 9.16. The van der Waals surface area contributed by atoms with Gasteiger partial charge in [-0.2, -0.15) is 10.1 Å². The van der Waals surface area contributed by atoms with E-state index in [1.807, 2.05) is 25.3 Å². The molecule has 0 aromatic carbocycles. The molecular weight excluding hydrogens is 406 g/mol. The smallest absolute Gasteiger partial charge is 0.227 e. The van der Waals surface area contributed by atoms with E-state index >= 15 is 0 Å². The van der Waals surface area contributed by atoms with Crippen molar-refractivity contribution in [1.29, 1.82) is 0 Å². The molecule has 166 valence electrons. The van der Waals surface area contributed by atoms with Crippen LogP contribution in [-0.2, 0) is 19.5 Å². The van der Waals surface area contributed by atoms with E-state index in [-0.39, 0.29) is 6.61 Å². The second kappa shape index (κ2) is 8.19. The van der Waals surface area contributed by atoms with Crippen molar-refractivity contribution in [2.24, 2.45) is 0 Å². The monoisotopic (exact) mass is 433 g/mol. The topological polar surface area (TPSA) is 110 Å². The number of hydrogen-bond acceptors (Lipinski definition) is 8. The lowest BCUT2D eigenvalue weighted by Crippen LogP contribution is -2.31. The van der Waals surface area contributed by atoms with E-state index in [1.165, 1.54) is 5.56 Å². The third kappa shape index (κ3) is 3.77. The number of fused-ring (bicyclic) bond motifs is 2. The van der Waals surface area contributed by atoms with Crippen LogP contribution in [0.15, 0.2) is 30.7 Å². The second-order valence-electron chi connectivity index (χ2n) is 8.31. The van der Waals surface area contributed by atoms with E-state index in [2.05, 4.69) is 48.7 Å². The molecule has 0 amide bonds. The first kappa shape index (κ1) is 20.4. The minimum atomic E-state index is 0.0818. The Labute approximate surface area is 186 Å². The van der Waals surface area contributed by atoms with Gasteiger partial charge in [0.05, 0.1) is 37.1 Å². The molecule has 4 aromatic rings. The normalized spacial score (nSPS) is 13.7. The third-order valence-electron chi connectivity index (χ3n) is 5.70.